The highest BCUT2D eigenvalue weighted by atomic mass is 16.5. The number of rotatable bonds is 9. The molecule has 0 aromatic heterocycles. The lowest BCUT2D eigenvalue weighted by atomic mass is 10.1. The van der Waals surface area contributed by atoms with Crippen LogP contribution in [0.5, 0.6) is 11.5 Å². The monoisotopic (exact) mass is 438 g/mol. The summed E-state index contributed by atoms with van der Waals surface area (Å²) in [5.74, 6) is 1.00. The Morgan fingerprint density at radius 1 is 1.06 bits per heavy atom. The Balaban J connectivity index is 1.74. The van der Waals surface area contributed by atoms with Crippen molar-refractivity contribution < 1.29 is 19.1 Å². The number of aryl methyl sites for hydroxylation is 2. The van der Waals surface area contributed by atoms with Gasteiger partial charge in [-0.1, -0.05) is 31.0 Å². The second-order valence-corrected chi connectivity index (χ2v) is 8.65. The van der Waals surface area contributed by atoms with E-state index in [-0.39, 0.29) is 24.5 Å². The Bertz CT molecular complexity index is 917. The molecular weight excluding hydrogens is 404 g/mol. The van der Waals surface area contributed by atoms with Crippen LogP contribution in [0.1, 0.15) is 49.3 Å². The van der Waals surface area contributed by atoms with Crippen LogP contribution in [0.2, 0.25) is 0 Å². The number of methoxy groups -OCH3 is 1. The molecule has 0 radical (unpaired) electrons. The first kappa shape index (κ1) is 23.6. The summed E-state index contributed by atoms with van der Waals surface area (Å²) in [7, 11) is 1.61. The highest BCUT2D eigenvalue weighted by Gasteiger charge is 2.28. The molecule has 1 aliphatic rings. The van der Waals surface area contributed by atoms with Crippen molar-refractivity contribution >= 4 is 11.8 Å². The average molecular weight is 439 g/mol. The summed E-state index contributed by atoms with van der Waals surface area (Å²) in [6.45, 7) is 5.93. The van der Waals surface area contributed by atoms with Crippen LogP contribution in [-0.2, 0) is 16.1 Å². The number of hydrogen-bond acceptors (Lipinski definition) is 4. The third kappa shape index (κ3) is 6.49. The van der Waals surface area contributed by atoms with Gasteiger partial charge in [0.2, 0.25) is 5.91 Å². The van der Waals surface area contributed by atoms with Gasteiger partial charge < -0.3 is 19.7 Å². The molecule has 1 N–H and O–H groups in total. The summed E-state index contributed by atoms with van der Waals surface area (Å²) in [6, 6.07) is 13.0. The van der Waals surface area contributed by atoms with E-state index < -0.39 is 6.04 Å². The maximum absolute atomic E-state index is 13.2. The Hall–Kier alpha value is -3.02. The van der Waals surface area contributed by atoms with Crippen molar-refractivity contribution in [2.24, 2.45) is 0 Å². The fourth-order valence-corrected chi connectivity index (χ4v) is 4.19. The molecule has 3 rings (SSSR count). The van der Waals surface area contributed by atoms with Crippen LogP contribution < -0.4 is 14.8 Å². The third-order valence-corrected chi connectivity index (χ3v) is 5.91. The summed E-state index contributed by atoms with van der Waals surface area (Å²) in [4.78, 5) is 27.8. The first-order valence-electron chi connectivity index (χ1n) is 11.3. The molecule has 2 aromatic carbocycles. The minimum atomic E-state index is -0.614. The molecule has 1 atom stereocenters. The standard InChI is InChI=1S/C26H34N2O4/c1-18-12-19(2)14-24(13-18)32-17-25(29)28(16-21-8-7-11-23(15-21)31-4)20(3)26(30)27-22-9-5-6-10-22/h7-8,11-15,20,22H,5-6,9-10,16-17H2,1-4H3,(H,27,30). The van der Waals surface area contributed by atoms with Gasteiger partial charge in [-0.25, -0.2) is 0 Å². The molecule has 1 unspecified atom stereocenters. The summed E-state index contributed by atoms with van der Waals surface area (Å²) >= 11 is 0. The number of benzene rings is 2. The van der Waals surface area contributed by atoms with E-state index in [1.807, 2.05) is 50.2 Å². The third-order valence-electron chi connectivity index (χ3n) is 5.91. The molecule has 2 amide bonds. The highest BCUT2D eigenvalue weighted by molar-refractivity contribution is 5.88. The number of ether oxygens (including phenoxy) is 2. The van der Waals surface area contributed by atoms with Crippen LogP contribution in [0.4, 0.5) is 0 Å². The number of nitrogens with zero attached hydrogens (tertiary/aromatic N) is 1. The van der Waals surface area contributed by atoms with Crippen LogP contribution in [0.25, 0.3) is 0 Å². The van der Waals surface area contributed by atoms with Crippen LogP contribution >= 0.6 is 0 Å². The van der Waals surface area contributed by atoms with Gasteiger partial charge in [0.25, 0.3) is 5.91 Å². The van der Waals surface area contributed by atoms with Gasteiger partial charge >= 0.3 is 0 Å². The van der Waals surface area contributed by atoms with Crippen LogP contribution in [-0.4, -0.2) is 42.5 Å². The smallest absolute Gasteiger partial charge is 0.261 e. The van der Waals surface area contributed by atoms with Crippen LogP contribution in [0, 0.1) is 13.8 Å². The fourth-order valence-electron chi connectivity index (χ4n) is 4.19. The first-order chi connectivity index (χ1) is 15.4. The number of amides is 2. The average Bonchev–Trinajstić information content (AvgIpc) is 3.28. The van der Waals surface area contributed by atoms with E-state index in [4.69, 9.17) is 9.47 Å². The van der Waals surface area contributed by atoms with Crippen molar-refractivity contribution in [3.05, 3.63) is 59.2 Å². The molecule has 0 aliphatic heterocycles. The molecule has 0 saturated heterocycles. The molecule has 6 heteroatoms. The molecular formula is C26H34N2O4. The zero-order valence-electron chi connectivity index (χ0n) is 19.5. The topological polar surface area (TPSA) is 67.9 Å². The molecule has 32 heavy (non-hydrogen) atoms. The lowest BCUT2D eigenvalue weighted by Gasteiger charge is -2.29. The number of carbonyl (C=O) groups excluding carboxylic acids is 2. The zero-order valence-corrected chi connectivity index (χ0v) is 19.5. The quantitative estimate of drug-likeness (QED) is 0.638. The van der Waals surface area contributed by atoms with Gasteiger partial charge in [0.05, 0.1) is 7.11 Å². The van der Waals surface area contributed by atoms with E-state index >= 15 is 0 Å². The minimum Gasteiger partial charge on any atom is -0.497 e. The van der Waals surface area contributed by atoms with Crippen LogP contribution in [0.3, 0.4) is 0 Å². The second kappa shape index (κ2) is 11.0. The van der Waals surface area contributed by atoms with Gasteiger partial charge in [-0.3, -0.25) is 9.59 Å². The van der Waals surface area contributed by atoms with E-state index in [0.717, 1.165) is 42.4 Å². The van der Waals surface area contributed by atoms with E-state index in [1.165, 1.54) is 0 Å². The lowest BCUT2D eigenvalue weighted by Crippen LogP contribution is -2.50. The summed E-state index contributed by atoms with van der Waals surface area (Å²) in [5, 5.41) is 3.11. The normalized spacial score (nSPS) is 14.6. The molecule has 0 spiro atoms. The molecule has 0 bridgehead atoms. The fraction of sp³-hybridized carbons (Fsp3) is 0.462. The maximum atomic E-state index is 13.2. The predicted molar refractivity (Wildman–Crippen MR) is 125 cm³/mol. The largest absolute Gasteiger partial charge is 0.497 e. The number of nitrogens with one attached hydrogen (secondary N) is 1. The summed E-state index contributed by atoms with van der Waals surface area (Å²) in [6.07, 6.45) is 4.27. The SMILES string of the molecule is COc1cccc(CN(C(=O)COc2cc(C)cc(C)c2)C(C)C(=O)NC2CCCC2)c1. The van der Waals surface area contributed by atoms with Crippen LogP contribution in [0.15, 0.2) is 42.5 Å². The molecule has 2 aromatic rings. The molecule has 172 valence electrons. The Morgan fingerprint density at radius 2 is 1.75 bits per heavy atom. The van der Waals surface area contributed by atoms with Crippen molar-refractivity contribution in [3.8, 4) is 11.5 Å². The van der Waals surface area contributed by atoms with Crippen molar-refractivity contribution in [2.45, 2.75) is 65.1 Å². The van der Waals surface area contributed by atoms with Gasteiger partial charge in [-0.05, 0) is 74.6 Å². The van der Waals surface area contributed by atoms with Gasteiger partial charge in [0, 0.05) is 12.6 Å². The molecule has 1 fully saturated rings. The van der Waals surface area contributed by atoms with E-state index in [9.17, 15) is 9.59 Å². The van der Waals surface area contributed by atoms with Crippen molar-refractivity contribution in [1.82, 2.24) is 10.2 Å². The molecule has 1 saturated carbocycles. The van der Waals surface area contributed by atoms with Crippen molar-refractivity contribution in [2.75, 3.05) is 13.7 Å². The Kier molecular flexibility index (Phi) is 8.14. The maximum Gasteiger partial charge on any atom is 0.261 e. The summed E-state index contributed by atoms with van der Waals surface area (Å²) < 4.78 is 11.1. The Morgan fingerprint density at radius 3 is 2.41 bits per heavy atom. The Labute approximate surface area is 190 Å². The predicted octanol–water partition coefficient (Wildman–Crippen LogP) is 4.17. The lowest BCUT2D eigenvalue weighted by molar-refractivity contribution is -0.142. The number of carbonyl (C=O) groups is 2. The molecule has 6 nitrogen and oxygen atoms in total. The van der Waals surface area contributed by atoms with Gasteiger partial charge in [0.15, 0.2) is 6.61 Å². The molecule has 0 heterocycles. The van der Waals surface area contributed by atoms with E-state index in [1.54, 1.807) is 18.9 Å². The highest BCUT2D eigenvalue weighted by Crippen LogP contribution is 2.20. The second-order valence-electron chi connectivity index (χ2n) is 8.65. The van der Waals surface area contributed by atoms with Gasteiger partial charge in [-0.2, -0.15) is 0 Å². The van der Waals surface area contributed by atoms with Gasteiger partial charge in [0.1, 0.15) is 17.5 Å². The van der Waals surface area contributed by atoms with Crippen molar-refractivity contribution in [3.63, 3.8) is 0 Å². The summed E-state index contributed by atoms with van der Waals surface area (Å²) in [5.41, 5.74) is 3.04. The van der Waals surface area contributed by atoms with E-state index in [0.29, 0.717) is 18.0 Å². The zero-order chi connectivity index (χ0) is 23.1. The molecule has 1 aliphatic carbocycles. The van der Waals surface area contributed by atoms with E-state index in [2.05, 4.69) is 11.4 Å². The number of hydrogen-bond donors (Lipinski definition) is 1. The van der Waals surface area contributed by atoms with Crippen molar-refractivity contribution in [1.29, 1.82) is 0 Å². The minimum absolute atomic E-state index is 0.125. The van der Waals surface area contributed by atoms with Gasteiger partial charge in [-0.15, -0.1) is 0 Å². The first-order valence-corrected chi connectivity index (χ1v) is 11.3.